The van der Waals surface area contributed by atoms with E-state index >= 15 is 0 Å². The molecule has 0 radical (unpaired) electrons. The second kappa shape index (κ2) is 5.37. The number of nitrogens with two attached hydrogens (primary N) is 1. The highest BCUT2D eigenvalue weighted by Crippen LogP contribution is 2.29. The van der Waals surface area contributed by atoms with E-state index in [1.165, 1.54) is 11.1 Å². The molecule has 78 valence electrons. The molecular weight excluding hydrogens is 242 g/mol. The average Bonchev–Trinajstić information content (AvgIpc) is 2.15. The molecule has 1 rings (SSSR count). The first-order chi connectivity index (χ1) is 6.69. The summed E-state index contributed by atoms with van der Waals surface area (Å²) in [7, 11) is 1.70. The predicted molar refractivity (Wildman–Crippen MR) is 62.8 cm³/mol. The number of ether oxygens (including phenoxy) is 1. The summed E-state index contributed by atoms with van der Waals surface area (Å²) in [5, 5.41) is 0. The van der Waals surface area contributed by atoms with Crippen molar-refractivity contribution in [2.45, 2.75) is 19.8 Å². The minimum atomic E-state index is 0.712. The summed E-state index contributed by atoms with van der Waals surface area (Å²) >= 11 is 3.55. The largest absolute Gasteiger partial charge is 0.496 e. The van der Waals surface area contributed by atoms with Crippen molar-refractivity contribution in [1.82, 2.24) is 0 Å². The molecule has 0 aliphatic rings. The maximum absolute atomic E-state index is 5.49. The van der Waals surface area contributed by atoms with Gasteiger partial charge in [0, 0.05) is 10.0 Å². The first-order valence-electron chi connectivity index (χ1n) is 4.72. The van der Waals surface area contributed by atoms with E-state index in [1.807, 2.05) is 0 Å². The fourth-order valence-electron chi connectivity index (χ4n) is 1.44. The molecule has 0 fully saturated rings. The Balaban J connectivity index is 2.99. The number of halogens is 1. The number of benzene rings is 1. The van der Waals surface area contributed by atoms with Gasteiger partial charge in [-0.15, -0.1) is 0 Å². The van der Waals surface area contributed by atoms with Crippen molar-refractivity contribution >= 4 is 15.9 Å². The minimum Gasteiger partial charge on any atom is -0.496 e. The van der Waals surface area contributed by atoms with Crippen molar-refractivity contribution in [1.29, 1.82) is 0 Å². The Bertz CT molecular complexity index is 312. The van der Waals surface area contributed by atoms with E-state index in [9.17, 15) is 0 Å². The van der Waals surface area contributed by atoms with Crippen molar-refractivity contribution in [3.05, 3.63) is 27.7 Å². The molecule has 0 heterocycles. The molecule has 1 aromatic carbocycles. The van der Waals surface area contributed by atoms with Gasteiger partial charge in [0.05, 0.1) is 7.11 Å². The van der Waals surface area contributed by atoms with Crippen LogP contribution in [-0.2, 0) is 6.42 Å². The fraction of sp³-hybridized carbons (Fsp3) is 0.455. The van der Waals surface area contributed by atoms with Crippen molar-refractivity contribution in [3.63, 3.8) is 0 Å². The van der Waals surface area contributed by atoms with E-state index in [4.69, 9.17) is 10.5 Å². The van der Waals surface area contributed by atoms with E-state index in [0.717, 1.165) is 23.1 Å². The van der Waals surface area contributed by atoms with Crippen LogP contribution < -0.4 is 10.5 Å². The minimum absolute atomic E-state index is 0.712. The summed E-state index contributed by atoms with van der Waals surface area (Å²) in [4.78, 5) is 0. The SMILES string of the molecule is COc1cc(C)cc(Br)c1CCCN. The quantitative estimate of drug-likeness (QED) is 0.901. The highest BCUT2D eigenvalue weighted by atomic mass is 79.9. The van der Waals surface area contributed by atoms with Crippen LogP contribution in [-0.4, -0.2) is 13.7 Å². The van der Waals surface area contributed by atoms with E-state index in [-0.39, 0.29) is 0 Å². The molecule has 0 unspecified atom stereocenters. The molecule has 0 atom stereocenters. The molecule has 0 spiro atoms. The smallest absolute Gasteiger partial charge is 0.123 e. The topological polar surface area (TPSA) is 35.2 Å². The summed E-state index contributed by atoms with van der Waals surface area (Å²) in [5.41, 5.74) is 7.90. The number of rotatable bonds is 4. The van der Waals surface area contributed by atoms with Gasteiger partial charge in [0.25, 0.3) is 0 Å². The van der Waals surface area contributed by atoms with E-state index in [1.54, 1.807) is 7.11 Å². The number of hydrogen-bond acceptors (Lipinski definition) is 2. The second-order valence-corrected chi connectivity index (χ2v) is 4.17. The molecule has 14 heavy (non-hydrogen) atoms. The lowest BCUT2D eigenvalue weighted by atomic mass is 10.1. The standard InChI is InChI=1S/C11H16BrNO/c1-8-6-10(12)9(4-3-5-13)11(7-8)14-2/h6-7H,3-5,13H2,1-2H3. The molecule has 2 N–H and O–H groups in total. The summed E-state index contributed by atoms with van der Waals surface area (Å²) in [6, 6.07) is 4.16. The highest BCUT2D eigenvalue weighted by molar-refractivity contribution is 9.10. The van der Waals surface area contributed by atoms with Crippen LogP contribution in [0, 0.1) is 6.92 Å². The number of hydrogen-bond donors (Lipinski definition) is 1. The molecule has 0 saturated carbocycles. The van der Waals surface area contributed by atoms with Gasteiger partial charge in [-0.2, -0.15) is 0 Å². The summed E-state index contributed by atoms with van der Waals surface area (Å²) in [6.07, 6.45) is 1.94. The van der Waals surface area contributed by atoms with Crippen molar-refractivity contribution in [3.8, 4) is 5.75 Å². The van der Waals surface area contributed by atoms with Crippen molar-refractivity contribution in [2.24, 2.45) is 5.73 Å². The third-order valence-corrected chi connectivity index (χ3v) is 2.86. The molecule has 2 nitrogen and oxygen atoms in total. The van der Waals surface area contributed by atoms with E-state index in [2.05, 4.69) is 35.0 Å². The van der Waals surface area contributed by atoms with Gasteiger partial charge in [0.15, 0.2) is 0 Å². The zero-order chi connectivity index (χ0) is 10.6. The maximum atomic E-state index is 5.49. The van der Waals surface area contributed by atoms with Gasteiger partial charge >= 0.3 is 0 Å². The summed E-state index contributed by atoms with van der Waals surface area (Å²) in [6.45, 7) is 2.77. The van der Waals surface area contributed by atoms with Crippen LogP contribution >= 0.6 is 15.9 Å². The number of methoxy groups -OCH3 is 1. The Kier molecular flexibility index (Phi) is 4.42. The van der Waals surface area contributed by atoms with E-state index in [0.29, 0.717) is 6.54 Å². The zero-order valence-electron chi connectivity index (χ0n) is 8.64. The Morgan fingerprint density at radius 3 is 2.71 bits per heavy atom. The zero-order valence-corrected chi connectivity index (χ0v) is 10.2. The number of aryl methyl sites for hydroxylation is 1. The lowest BCUT2D eigenvalue weighted by Gasteiger charge is -2.11. The molecule has 0 aliphatic carbocycles. The third-order valence-electron chi connectivity index (χ3n) is 2.15. The molecule has 0 bridgehead atoms. The Labute approximate surface area is 93.6 Å². The van der Waals surface area contributed by atoms with Crippen LogP contribution in [0.5, 0.6) is 5.75 Å². The first kappa shape index (κ1) is 11.5. The van der Waals surface area contributed by atoms with Gasteiger partial charge in [0.1, 0.15) is 5.75 Å². The summed E-state index contributed by atoms with van der Waals surface area (Å²) in [5.74, 6) is 0.949. The summed E-state index contributed by atoms with van der Waals surface area (Å²) < 4.78 is 6.45. The molecule has 0 amide bonds. The van der Waals surface area contributed by atoms with Gasteiger partial charge in [-0.3, -0.25) is 0 Å². The normalized spacial score (nSPS) is 10.3. The molecule has 0 aliphatic heterocycles. The molecule has 0 aromatic heterocycles. The van der Waals surface area contributed by atoms with Crippen LogP contribution in [0.2, 0.25) is 0 Å². The Morgan fingerprint density at radius 2 is 2.14 bits per heavy atom. The van der Waals surface area contributed by atoms with Crippen LogP contribution in [0.3, 0.4) is 0 Å². The molecular formula is C11H16BrNO. The second-order valence-electron chi connectivity index (χ2n) is 3.32. The maximum Gasteiger partial charge on any atom is 0.123 e. The van der Waals surface area contributed by atoms with Crippen LogP contribution in [0.15, 0.2) is 16.6 Å². The monoisotopic (exact) mass is 257 g/mol. The average molecular weight is 258 g/mol. The Hall–Kier alpha value is -0.540. The van der Waals surface area contributed by atoms with Gasteiger partial charge in [0.2, 0.25) is 0 Å². The van der Waals surface area contributed by atoms with Gasteiger partial charge in [-0.05, 0) is 44.0 Å². The van der Waals surface area contributed by atoms with Crippen molar-refractivity contribution < 1.29 is 4.74 Å². The molecule has 0 saturated heterocycles. The van der Waals surface area contributed by atoms with Crippen LogP contribution in [0.4, 0.5) is 0 Å². The van der Waals surface area contributed by atoms with Gasteiger partial charge in [-0.1, -0.05) is 15.9 Å². The lowest BCUT2D eigenvalue weighted by molar-refractivity contribution is 0.408. The predicted octanol–water partition coefficient (Wildman–Crippen LogP) is 2.66. The van der Waals surface area contributed by atoms with Gasteiger partial charge in [-0.25, -0.2) is 0 Å². The third kappa shape index (κ3) is 2.72. The lowest BCUT2D eigenvalue weighted by Crippen LogP contribution is -2.02. The first-order valence-corrected chi connectivity index (χ1v) is 5.51. The molecule has 1 aromatic rings. The highest BCUT2D eigenvalue weighted by Gasteiger charge is 2.07. The molecule has 3 heteroatoms. The van der Waals surface area contributed by atoms with Crippen LogP contribution in [0.25, 0.3) is 0 Å². The van der Waals surface area contributed by atoms with Crippen molar-refractivity contribution in [2.75, 3.05) is 13.7 Å². The van der Waals surface area contributed by atoms with Gasteiger partial charge < -0.3 is 10.5 Å². The fourth-order valence-corrected chi connectivity index (χ4v) is 2.20. The van der Waals surface area contributed by atoms with Crippen LogP contribution in [0.1, 0.15) is 17.5 Å². The Morgan fingerprint density at radius 1 is 1.43 bits per heavy atom. The van der Waals surface area contributed by atoms with E-state index < -0.39 is 0 Å².